The molecule has 1 aromatic carbocycles. The first kappa shape index (κ1) is 28.5. The van der Waals surface area contributed by atoms with Gasteiger partial charge in [-0.2, -0.15) is 0 Å². The number of fused-ring (bicyclic) bond motifs is 1. The third kappa shape index (κ3) is 5.59. The van der Waals surface area contributed by atoms with Crippen molar-refractivity contribution in [2.75, 3.05) is 13.9 Å². The Bertz CT molecular complexity index is 1100. The number of nitrogens with one attached hydrogen (secondary N) is 1. The molecule has 10 heteroatoms. The Kier molecular flexibility index (Phi) is 8.54. The quantitative estimate of drug-likeness (QED) is 0.262. The zero-order valence-electron chi connectivity index (χ0n) is 22.8. The van der Waals surface area contributed by atoms with Crippen LogP contribution in [0.25, 0.3) is 5.57 Å². The monoisotopic (exact) mass is 531 g/mol. The number of esters is 1. The van der Waals surface area contributed by atoms with E-state index in [4.69, 9.17) is 23.4 Å². The first-order valence-electron chi connectivity index (χ1n) is 12.5. The Morgan fingerprint density at radius 1 is 1.03 bits per heavy atom. The van der Waals surface area contributed by atoms with Gasteiger partial charge in [0.15, 0.2) is 11.5 Å². The summed E-state index contributed by atoms with van der Waals surface area (Å²) in [5.41, 5.74) is 2.65. The minimum atomic E-state index is -2.42. The van der Waals surface area contributed by atoms with Gasteiger partial charge in [0.2, 0.25) is 12.6 Å². The number of hydrogen-bond donors (Lipinski definition) is 1. The van der Waals surface area contributed by atoms with E-state index in [9.17, 15) is 14.4 Å². The van der Waals surface area contributed by atoms with Crippen molar-refractivity contribution in [3.8, 4) is 11.5 Å². The molecule has 0 bridgehead atoms. The van der Waals surface area contributed by atoms with E-state index in [1.807, 2.05) is 0 Å². The van der Waals surface area contributed by atoms with Crippen LogP contribution in [0.5, 0.6) is 11.5 Å². The molecule has 0 aromatic heterocycles. The summed E-state index contributed by atoms with van der Waals surface area (Å²) in [5, 5.41) is 2.91. The number of ketones is 1. The molecule has 1 aromatic rings. The van der Waals surface area contributed by atoms with Gasteiger partial charge in [-0.1, -0.05) is 47.6 Å². The molecule has 1 aliphatic carbocycles. The van der Waals surface area contributed by atoms with E-state index in [-0.39, 0.29) is 30.0 Å². The van der Waals surface area contributed by atoms with Crippen LogP contribution in [0, 0.1) is 0 Å². The highest BCUT2D eigenvalue weighted by molar-refractivity contribution is 6.78. The molecule has 37 heavy (non-hydrogen) atoms. The van der Waals surface area contributed by atoms with Crippen LogP contribution in [0.1, 0.15) is 59.6 Å². The highest BCUT2D eigenvalue weighted by Crippen LogP contribution is 2.43. The maximum Gasteiger partial charge on any atom is 0.393 e. The van der Waals surface area contributed by atoms with Crippen molar-refractivity contribution in [1.82, 2.24) is 5.32 Å². The summed E-state index contributed by atoms with van der Waals surface area (Å²) >= 11 is 0. The predicted molar refractivity (Wildman–Crippen MR) is 141 cm³/mol. The number of allylic oxidation sites excluding steroid dienone is 2. The Labute approximate surface area is 219 Å². The van der Waals surface area contributed by atoms with Crippen molar-refractivity contribution >= 4 is 31.7 Å². The fraction of sp³-hybridized carbons (Fsp3) is 0.519. The number of carbonyl (C=O) groups excluding carboxylic acids is 3. The molecule has 1 amide bonds. The average Bonchev–Trinajstić information content (AvgIpc) is 3.28. The molecule has 0 spiro atoms. The summed E-state index contributed by atoms with van der Waals surface area (Å²) in [7, 11) is -1.13. The van der Waals surface area contributed by atoms with Gasteiger partial charge < -0.3 is 28.7 Å². The van der Waals surface area contributed by atoms with Crippen LogP contribution in [0.15, 0.2) is 30.4 Å². The summed E-state index contributed by atoms with van der Waals surface area (Å²) in [6.45, 7) is 14.1. The molecule has 1 aliphatic heterocycles. The standard InChI is InChI=1S/C27H37NO8Si/c1-16(2)37(17(3)4,18(5)6)36-26(31)28-14-21-11-23-24(34-15-33-23)12-22(21)20-9-10-25(30)27(13-20,32-8)35-19(7)29/h9-13,16-18H,14-15H2,1-8H3,(H,28,31). The second kappa shape index (κ2) is 11.1. The van der Waals surface area contributed by atoms with Crippen molar-refractivity contribution in [2.24, 2.45) is 0 Å². The number of carbonyl (C=O) groups is 3. The van der Waals surface area contributed by atoms with E-state index in [1.165, 1.54) is 26.2 Å². The Morgan fingerprint density at radius 2 is 1.62 bits per heavy atom. The number of hydrogen-bond acceptors (Lipinski definition) is 8. The molecule has 2 aliphatic rings. The largest absolute Gasteiger partial charge is 0.503 e. The van der Waals surface area contributed by atoms with E-state index >= 15 is 0 Å². The van der Waals surface area contributed by atoms with Gasteiger partial charge in [0, 0.05) is 26.7 Å². The lowest BCUT2D eigenvalue weighted by Gasteiger charge is -2.41. The van der Waals surface area contributed by atoms with Gasteiger partial charge in [-0.15, -0.1) is 0 Å². The summed E-state index contributed by atoms with van der Waals surface area (Å²) in [6.07, 6.45) is 3.88. The van der Waals surface area contributed by atoms with Crippen LogP contribution in [0.3, 0.4) is 0 Å². The molecule has 0 saturated carbocycles. The lowest BCUT2D eigenvalue weighted by Crippen LogP contribution is -2.51. The van der Waals surface area contributed by atoms with Crippen LogP contribution < -0.4 is 14.8 Å². The number of rotatable bonds is 9. The fourth-order valence-electron chi connectivity index (χ4n) is 5.38. The van der Waals surface area contributed by atoms with Gasteiger partial charge in [-0.05, 0) is 51.5 Å². The van der Waals surface area contributed by atoms with E-state index in [0.29, 0.717) is 28.2 Å². The first-order valence-corrected chi connectivity index (χ1v) is 14.6. The van der Waals surface area contributed by atoms with Gasteiger partial charge in [-0.25, -0.2) is 4.79 Å². The lowest BCUT2D eigenvalue weighted by molar-refractivity contribution is -0.198. The topological polar surface area (TPSA) is 109 Å². The maximum atomic E-state index is 13.1. The van der Waals surface area contributed by atoms with Crippen LogP contribution in [0.4, 0.5) is 4.79 Å². The summed E-state index contributed by atoms with van der Waals surface area (Å²) in [5.74, 6) is -2.00. The normalized spacial score (nSPS) is 18.9. The van der Waals surface area contributed by atoms with E-state index in [0.717, 1.165) is 0 Å². The Morgan fingerprint density at radius 3 is 2.16 bits per heavy atom. The Balaban J connectivity index is 1.95. The Hall–Kier alpha value is -3.11. The number of amides is 1. The van der Waals surface area contributed by atoms with Gasteiger partial charge >= 0.3 is 12.1 Å². The molecule has 0 radical (unpaired) electrons. The second-order valence-electron chi connectivity index (χ2n) is 10.2. The van der Waals surface area contributed by atoms with Crippen molar-refractivity contribution in [2.45, 2.75) is 77.4 Å². The van der Waals surface area contributed by atoms with Crippen molar-refractivity contribution < 1.29 is 37.8 Å². The minimum Gasteiger partial charge on any atom is -0.503 e. The molecule has 3 rings (SSSR count). The summed E-state index contributed by atoms with van der Waals surface area (Å²) in [6, 6.07) is 3.54. The zero-order chi connectivity index (χ0) is 27.5. The molecule has 1 heterocycles. The van der Waals surface area contributed by atoms with Gasteiger partial charge in [0.1, 0.15) is 0 Å². The second-order valence-corrected chi connectivity index (χ2v) is 15.6. The molecule has 9 nitrogen and oxygen atoms in total. The summed E-state index contributed by atoms with van der Waals surface area (Å²) < 4.78 is 27.9. The maximum absolute atomic E-state index is 13.1. The van der Waals surface area contributed by atoms with Crippen molar-refractivity contribution in [1.29, 1.82) is 0 Å². The molecular weight excluding hydrogens is 494 g/mol. The van der Waals surface area contributed by atoms with Gasteiger partial charge in [-0.3, -0.25) is 9.59 Å². The smallest absolute Gasteiger partial charge is 0.393 e. The molecular formula is C27H37NO8Si. The van der Waals surface area contributed by atoms with E-state index in [1.54, 1.807) is 18.2 Å². The molecule has 0 fully saturated rings. The third-order valence-corrected chi connectivity index (χ3v) is 13.0. The summed E-state index contributed by atoms with van der Waals surface area (Å²) in [4.78, 5) is 37.4. The zero-order valence-corrected chi connectivity index (χ0v) is 23.8. The predicted octanol–water partition coefficient (Wildman–Crippen LogP) is 5.25. The first-order chi connectivity index (χ1) is 17.4. The molecule has 202 valence electrons. The third-order valence-electron chi connectivity index (χ3n) is 7.01. The lowest BCUT2D eigenvalue weighted by atomic mass is 9.91. The van der Waals surface area contributed by atoms with Crippen LogP contribution in [-0.2, 0) is 30.0 Å². The molecule has 1 unspecified atom stereocenters. The van der Waals surface area contributed by atoms with E-state index in [2.05, 4.69) is 46.9 Å². The number of ether oxygens (including phenoxy) is 4. The van der Waals surface area contributed by atoms with Crippen molar-refractivity contribution in [3.05, 3.63) is 41.5 Å². The van der Waals surface area contributed by atoms with Gasteiger partial charge in [0.05, 0.1) is 0 Å². The molecule has 1 N–H and O–H groups in total. The van der Waals surface area contributed by atoms with Crippen LogP contribution in [-0.4, -0.2) is 45.9 Å². The van der Waals surface area contributed by atoms with Gasteiger partial charge in [0.25, 0.3) is 14.1 Å². The number of benzene rings is 1. The minimum absolute atomic E-state index is 0.0712. The highest BCUT2D eigenvalue weighted by Gasteiger charge is 2.48. The SMILES string of the molecule is COC1(OC(C)=O)C=C(c2cc3c(cc2CNC(=O)O[Si](C(C)C)(C(C)C)C(C)C)OCO3)C=CC1=O. The number of methoxy groups -OCH3 is 1. The molecule has 0 saturated heterocycles. The van der Waals surface area contributed by atoms with Crippen LogP contribution >= 0.6 is 0 Å². The van der Waals surface area contributed by atoms with E-state index < -0.39 is 32.0 Å². The van der Waals surface area contributed by atoms with Crippen LogP contribution in [0.2, 0.25) is 16.6 Å². The van der Waals surface area contributed by atoms with Crippen molar-refractivity contribution in [3.63, 3.8) is 0 Å². The highest BCUT2D eigenvalue weighted by atomic mass is 28.4. The average molecular weight is 532 g/mol. The molecule has 1 atom stereocenters. The fourth-order valence-corrected chi connectivity index (χ4v) is 10.5.